The van der Waals surface area contributed by atoms with Crippen LogP contribution in [-0.2, 0) is 6.42 Å². The summed E-state index contributed by atoms with van der Waals surface area (Å²) in [6, 6.07) is 6.76. The summed E-state index contributed by atoms with van der Waals surface area (Å²) in [6.07, 6.45) is -3.87. The maximum atomic E-state index is 12.9. The van der Waals surface area contributed by atoms with Gasteiger partial charge in [-0.05, 0) is 44.5 Å². The highest BCUT2D eigenvalue weighted by atomic mass is 19.4. The van der Waals surface area contributed by atoms with Crippen LogP contribution in [0.25, 0.3) is 0 Å². The van der Waals surface area contributed by atoms with Gasteiger partial charge in [0.25, 0.3) is 5.91 Å². The molecule has 3 nitrogen and oxygen atoms in total. The Morgan fingerprint density at radius 3 is 2.50 bits per heavy atom. The molecule has 1 aliphatic rings. The third kappa shape index (κ3) is 2.95. The Labute approximate surface area is 115 Å². The summed E-state index contributed by atoms with van der Waals surface area (Å²) in [5, 5.41) is 5.11. The Hall–Kier alpha value is -1.56. The molecule has 0 aromatic heterocycles. The van der Waals surface area contributed by atoms with Gasteiger partial charge in [-0.3, -0.25) is 4.79 Å². The molecule has 0 saturated heterocycles. The van der Waals surface area contributed by atoms with E-state index in [9.17, 15) is 18.0 Å². The molecule has 0 bridgehead atoms. The number of alkyl halides is 3. The lowest BCUT2D eigenvalue weighted by Crippen LogP contribution is -2.48. The number of likely N-dealkylation sites (N-methyl/N-ethyl adjacent to an activating group) is 1. The van der Waals surface area contributed by atoms with Crippen molar-refractivity contribution in [1.82, 2.24) is 10.6 Å². The summed E-state index contributed by atoms with van der Waals surface area (Å²) >= 11 is 0. The molecule has 2 rings (SSSR count). The number of amides is 1. The summed E-state index contributed by atoms with van der Waals surface area (Å²) in [7, 11) is 1.78. The predicted molar refractivity (Wildman–Crippen MR) is 69.6 cm³/mol. The van der Waals surface area contributed by atoms with Gasteiger partial charge in [-0.15, -0.1) is 0 Å². The molecule has 1 aromatic carbocycles. The van der Waals surface area contributed by atoms with Gasteiger partial charge >= 0.3 is 6.18 Å². The van der Waals surface area contributed by atoms with E-state index < -0.39 is 17.6 Å². The van der Waals surface area contributed by atoms with Gasteiger partial charge in [0.15, 0.2) is 0 Å². The quantitative estimate of drug-likeness (QED) is 0.872. The molecule has 0 aliphatic heterocycles. The molecule has 0 heterocycles. The number of carbonyl (C=O) groups is 1. The summed E-state index contributed by atoms with van der Waals surface area (Å²) in [5.74, 6) is -0.647. The number of hydrogen-bond acceptors (Lipinski definition) is 2. The van der Waals surface area contributed by atoms with E-state index in [2.05, 4.69) is 10.6 Å². The molecule has 0 spiro atoms. The summed E-state index contributed by atoms with van der Waals surface area (Å²) in [5.41, 5.74) is -0.948. The van der Waals surface area contributed by atoms with Crippen LogP contribution < -0.4 is 10.6 Å². The van der Waals surface area contributed by atoms with Crippen LogP contribution in [0.1, 0.15) is 28.8 Å². The molecule has 20 heavy (non-hydrogen) atoms. The average Bonchev–Trinajstić information content (AvgIpc) is 3.17. The van der Waals surface area contributed by atoms with Crippen molar-refractivity contribution in [3.05, 3.63) is 35.4 Å². The van der Waals surface area contributed by atoms with Crippen LogP contribution in [0.2, 0.25) is 0 Å². The fraction of sp³-hybridized carbons (Fsp3) is 0.500. The van der Waals surface area contributed by atoms with Crippen LogP contribution in [0.3, 0.4) is 0 Å². The normalized spacial score (nSPS) is 16.8. The van der Waals surface area contributed by atoms with Gasteiger partial charge < -0.3 is 10.6 Å². The van der Waals surface area contributed by atoms with E-state index in [4.69, 9.17) is 0 Å². The van der Waals surface area contributed by atoms with E-state index in [-0.39, 0.29) is 12.8 Å². The van der Waals surface area contributed by atoms with Gasteiger partial charge in [0.2, 0.25) is 0 Å². The Bertz CT molecular complexity index is 495. The molecule has 1 aromatic rings. The smallest absolute Gasteiger partial charge is 0.338 e. The minimum atomic E-state index is -4.39. The number of rotatable bonds is 5. The molecular formula is C14H17F3N2O. The van der Waals surface area contributed by atoms with E-state index in [1.165, 1.54) is 0 Å². The molecule has 1 fully saturated rings. The Morgan fingerprint density at radius 2 is 1.95 bits per heavy atom. The minimum Gasteiger partial charge on any atom is -0.338 e. The highest BCUT2D eigenvalue weighted by Gasteiger charge is 2.64. The van der Waals surface area contributed by atoms with E-state index in [1.54, 1.807) is 31.3 Å². The highest BCUT2D eigenvalue weighted by molar-refractivity contribution is 5.96. The number of nitrogens with one attached hydrogen (secondary N) is 2. The molecule has 110 valence electrons. The van der Waals surface area contributed by atoms with Crippen LogP contribution in [-0.4, -0.2) is 31.2 Å². The zero-order valence-corrected chi connectivity index (χ0v) is 11.2. The number of benzene rings is 1. The number of carbonyl (C=O) groups excluding carboxylic acids is 1. The molecule has 1 amide bonds. The number of hydrogen-bond donors (Lipinski definition) is 2. The van der Waals surface area contributed by atoms with Crippen LogP contribution in [0.4, 0.5) is 13.2 Å². The van der Waals surface area contributed by atoms with Crippen molar-refractivity contribution in [2.75, 3.05) is 13.6 Å². The SMILES string of the molecule is CNCCc1ccccc1C(=O)NC1(C(F)(F)F)CC1. The van der Waals surface area contributed by atoms with E-state index in [0.717, 1.165) is 5.56 Å². The Balaban J connectivity index is 2.14. The van der Waals surface area contributed by atoms with Crippen molar-refractivity contribution in [3.63, 3.8) is 0 Å². The van der Waals surface area contributed by atoms with E-state index >= 15 is 0 Å². The maximum absolute atomic E-state index is 12.9. The second-order valence-electron chi connectivity index (χ2n) is 5.04. The van der Waals surface area contributed by atoms with Crippen LogP contribution in [0.15, 0.2) is 24.3 Å². The van der Waals surface area contributed by atoms with Gasteiger partial charge in [-0.25, -0.2) is 0 Å². The third-order valence-corrected chi connectivity index (χ3v) is 3.55. The Morgan fingerprint density at radius 1 is 1.30 bits per heavy atom. The monoisotopic (exact) mass is 286 g/mol. The fourth-order valence-corrected chi connectivity index (χ4v) is 2.11. The maximum Gasteiger partial charge on any atom is 0.411 e. The summed E-state index contributed by atoms with van der Waals surface area (Å²) in [6.45, 7) is 0.661. The lowest BCUT2D eigenvalue weighted by molar-refractivity contribution is -0.163. The van der Waals surface area contributed by atoms with E-state index in [1.807, 2.05) is 0 Å². The van der Waals surface area contributed by atoms with Gasteiger partial charge in [0, 0.05) is 5.56 Å². The largest absolute Gasteiger partial charge is 0.411 e. The first-order valence-corrected chi connectivity index (χ1v) is 6.51. The molecule has 0 unspecified atom stereocenters. The average molecular weight is 286 g/mol. The second-order valence-corrected chi connectivity index (χ2v) is 5.04. The molecule has 6 heteroatoms. The van der Waals surface area contributed by atoms with E-state index in [0.29, 0.717) is 18.5 Å². The van der Waals surface area contributed by atoms with Crippen LogP contribution >= 0.6 is 0 Å². The van der Waals surface area contributed by atoms with Crippen LogP contribution in [0.5, 0.6) is 0 Å². The summed E-state index contributed by atoms with van der Waals surface area (Å²) < 4.78 is 38.6. The highest BCUT2D eigenvalue weighted by Crippen LogP contribution is 2.49. The van der Waals surface area contributed by atoms with Gasteiger partial charge in [0.05, 0.1) is 0 Å². The first kappa shape index (κ1) is 14.8. The predicted octanol–water partition coefficient (Wildman–Crippen LogP) is 2.27. The first-order valence-electron chi connectivity index (χ1n) is 6.51. The van der Waals surface area contributed by atoms with Gasteiger partial charge in [0.1, 0.15) is 5.54 Å². The van der Waals surface area contributed by atoms with Crippen molar-refractivity contribution >= 4 is 5.91 Å². The first-order chi connectivity index (χ1) is 9.39. The van der Waals surface area contributed by atoms with Gasteiger partial charge in [-0.1, -0.05) is 18.2 Å². The van der Waals surface area contributed by atoms with Gasteiger partial charge in [-0.2, -0.15) is 13.2 Å². The zero-order chi connectivity index (χ0) is 14.8. The molecule has 1 aliphatic carbocycles. The third-order valence-electron chi connectivity index (χ3n) is 3.55. The van der Waals surface area contributed by atoms with Crippen molar-refractivity contribution in [3.8, 4) is 0 Å². The zero-order valence-electron chi connectivity index (χ0n) is 11.2. The lowest BCUT2D eigenvalue weighted by Gasteiger charge is -2.21. The second kappa shape index (κ2) is 5.44. The number of halogens is 3. The Kier molecular flexibility index (Phi) is 4.04. The van der Waals surface area contributed by atoms with Crippen molar-refractivity contribution < 1.29 is 18.0 Å². The van der Waals surface area contributed by atoms with Crippen molar-refractivity contribution in [2.24, 2.45) is 0 Å². The lowest BCUT2D eigenvalue weighted by atomic mass is 10.0. The van der Waals surface area contributed by atoms with Crippen LogP contribution in [0, 0.1) is 0 Å². The van der Waals surface area contributed by atoms with Crippen molar-refractivity contribution in [1.29, 1.82) is 0 Å². The van der Waals surface area contributed by atoms with Crippen molar-refractivity contribution in [2.45, 2.75) is 31.0 Å². The standard InChI is InChI=1S/C14H17F3N2O/c1-18-9-6-10-4-2-3-5-11(10)12(20)19-13(7-8-13)14(15,16)17/h2-5,18H,6-9H2,1H3,(H,19,20). The molecule has 1 saturated carbocycles. The minimum absolute atomic E-state index is 0.0408. The topological polar surface area (TPSA) is 41.1 Å². The summed E-state index contributed by atoms with van der Waals surface area (Å²) in [4.78, 5) is 12.1. The fourth-order valence-electron chi connectivity index (χ4n) is 2.11. The molecule has 0 radical (unpaired) electrons. The molecule has 0 atom stereocenters. The molecular weight excluding hydrogens is 269 g/mol. The molecule has 2 N–H and O–H groups in total.